The summed E-state index contributed by atoms with van der Waals surface area (Å²) >= 11 is 0. The standard InChI is InChI=1S/C19H20N4O6/c1-11-5-4-6-14(12(11)2)21-19(26)22-17(24)10-29-18(25)13-7-8-15(20-3)16(9-13)23(27)28/h4-9,20H,10H2,1-3H3,(H2,21,22,24,26). The number of imide groups is 1. The molecular weight excluding hydrogens is 380 g/mol. The highest BCUT2D eigenvalue weighted by atomic mass is 16.6. The van der Waals surface area contributed by atoms with Crippen molar-refractivity contribution >= 4 is 35.0 Å². The third kappa shape index (κ3) is 5.51. The number of carbonyl (C=O) groups is 3. The van der Waals surface area contributed by atoms with Crippen molar-refractivity contribution in [2.45, 2.75) is 13.8 Å². The predicted molar refractivity (Wildman–Crippen MR) is 106 cm³/mol. The van der Waals surface area contributed by atoms with Crippen LogP contribution in [-0.2, 0) is 9.53 Å². The van der Waals surface area contributed by atoms with Crippen LogP contribution in [0, 0.1) is 24.0 Å². The second-order valence-electron chi connectivity index (χ2n) is 6.06. The number of nitro benzene ring substituents is 1. The molecule has 0 saturated carbocycles. The molecule has 0 fully saturated rings. The lowest BCUT2D eigenvalue weighted by Crippen LogP contribution is -2.37. The maximum atomic E-state index is 12.0. The van der Waals surface area contributed by atoms with Gasteiger partial charge in [-0.1, -0.05) is 12.1 Å². The van der Waals surface area contributed by atoms with Crippen LogP contribution in [0.25, 0.3) is 0 Å². The lowest BCUT2D eigenvalue weighted by Gasteiger charge is -2.11. The van der Waals surface area contributed by atoms with Gasteiger partial charge in [0.25, 0.3) is 11.6 Å². The average Bonchev–Trinajstić information content (AvgIpc) is 2.69. The summed E-state index contributed by atoms with van der Waals surface area (Å²) in [6.45, 7) is 2.99. The zero-order chi connectivity index (χ0) is 21.6. The molecule has 10 nitrogen and oxygen atoms in total. The van der Waals surface area contributed by atoms with Gasteiger partial charge in [-0.2, -0.15) is 0 Å². The molecule has 0 saturated heterocycles. The Kier molecular flexibility index (Phi) is 6.85. The van der Waals surface area contributed by atoms with Gasteiger partial charge in [-0.05, 0) is 43.2 Å². The molecule has 0 aromatic heterocycles. The molecule has 0 aliphatic rings. The molecule has 0 unspecified atom stereocenters. The summed E-state index contributed by atoms with van der Waals surface area (Å²) in [7, 11) is 1.51. The minimum Gasteiger partial charge on any atom is -0.452 e. The van der Waals surface area contributed by atoms with E-state index in [-0.39, 0.29) is 16.9 Å². The van der Waals surface area contributed by atoms with Crippen molar-refractivity contribution in [1.82, 2.24) is 5.32 Å². The Hall–Kier alpha value is -3.95. The molecule has 0 atom stereocenters. The van der Waals surface area contributed by atoms with Crippen molar-refractivity contribution in [2.75, 3.05) is 24.3 Å². The van der Waals surface area contributed by atoms with Gasteiger partial charge in [0.2, 0.25) is 0 Å². The van der Waals surface area contributed by atoms with E-state index in [1.807, 2.05) is 25.2 Å². The largest absolute Gasteiger partial charge is 0.452 e. The highest BCUT2D eigenvalue weighted by Gasteiger charge is 2.19. The lowest BCUT2D eigenvalue weighted by atomic mass is 10.1. The van der Waals surface area contributed by atoms with Crippen LogP contribution in [0.1, 0.15) is 21.5 Å². The number of rotatable bonds is 6. The van der Waals surface area contributed by atoms with Gasteiger partial charge in [0, 0.05) is 18.8 Å². The Morgan fingerprint density at radius 2 is 1.83 bits per heavy atom. The van der Waals surface area contributed by atoms with Gasteiger partial charge in [0.05, 0.1) is 10.5 Å². The average molecular weight is 400 g/mol. The van der Waals surface area contributed by atoms with Gasteiger partial charge in [0.15, 0.2) is 6.61 Å². The molecular formula is C19H20N4O6. The number of ether oxygens (including phenoxy) is 1. The number of amides is 3. The third-order valence-electron chi connectivity index (χ3n) is 4.14. The zero-order valence-corrected chi connectivity index (χ0v) is 16.1. The van der Waals surface area contributed by atoms with Gasteiger partial charge in [0.1, 0.15) is 5.69 Å². The Bertz CT molecular complexity index is 973. The molecule has 0 radical (unpaired) electrons. The van der Waals surface area contributed by atoms with Crippen molar-refractivity contribution in [1.29, 1.82) is 0 Å². The number of aryl methyl sites for hydroxylation is 1. The van der Waals surface area contributed by atoms with Crippen molar-refractivity contribution in [3.8, 4) is 0 Å². The molecule has 0 bridgehead atoms. The Morgan fingerprint density at radius 3 is 2.48 bits per heavy atom. The fourth-order valence-corrected chi connectivity index (χ4v) is 2.44. The molecule has 2 aromatic rings. The second-order valence-corrected chi connectivity index (χ2v) is 6.06. The molecule has 3 N–H and O–H groups in total. The van der Waals surface area contributed by atoms with Gasteiger partial charge in [-0.25, -0.2) is 9.59 Å². The first-order chi connectivity index (χ1) is 13.7. The molecule has 0 spiro atoms. The van der Waals surface area contributed by atoms with E-state index < -0.39 is 29.4 Å². The van der Waals surface area contributed by atoms with Crippen LogP contribution in [0.5, 0.6) is 0 Å². The van der Waals surface area contributed by atoms with Crippen LogP contribution in [0.15, 0.2) is 36.4 Å². The van der Waals surface area contributed by atoms with Crippen molar-refractivity contribution < 1.29 is 24.0 Å². The first-order valence-electron chi connectivity index (χ1n) is 8.53. The molecule has 152 valence electrons. The normalized spacial score (nSPS) is 10.0. The van der Waals surface area contributed by atoms with Crippen molar-refractivity contribution in [3.05, 3.63) is 63.2 Å². The number of nitrogens with one attached hydrogen (secondary N) is 3. The lowest BCUT2D eigenvalue weighted by molar-refractivity contribution is -0.384. The van der Waals surface area contributed by atoms with E-state index in [4.69, 9.17) is 4.74 Å². The first-order valence-corrected chi connectivity index (χ1v) is 8.53. The Labute approximate surface area is 166 Å². The summed E-state index contributed by atoms with van der Waals surface area (Å²) in [5.74, 6) is -1.77. The molecule has 2 rings (SSSR count). The van der Waals surface area contributed by atoms with E-state index in [2.05, 4.69) is 10.6 Å². The second kappa shape index (κ2) is 9.31. The fraction of sp³-hybridized carbons (Fsp3) is 0.211. The maximum Gasteiger partial charge on any atom is 0.338 e. The van der Waals surface area contributed by atoms with Crippen LogP contribution in [0.3, 0.4) is 0 Å². The molecule has 0 heterocycles. The van der Waals surface area contributed by atoms with Crippen molar-refractivity contribution in [2.24, 2.45) is 0 Å². The summed E-state index contributed by atoms with van der Waals surface area (Å²) in [5.41, 5.74) is 2.20. The minimum atomic E-state index is -0.930. The fourth-order valence-electron chi connectivity index (χ4n) is 2.44. The minimum absolute atomic E-state index is 0.0941. The predicted octanol–water partition coefficient (Wildman–Crippen LogP) is 2.76. The topological polar surface area (TPSA) is 140 Å². The number of nitrogens with zero attached hydrogens (tertiary/aromatic N) is 1. The highest BCUT2D eigenvalue weighted by molar-refractivity contribution is 6.02. The number of urea groups is 1. The first kappa shape index (κ1) is 21.4. The van der Waals surface area contributed by atoms with E-state index in [0.717, 1.165) is 17.2 Å². The highest BCUT2D eigenvalue weighted by Crippen LogP contribution is 2.25. The van der Waals surface area contributed by atoms with Gasteiger partial charge >= 0.3 is 12.0 Å². The van der Waals surface area contributed by atoms with E-state index in [1.165, 1.54) is 19.2 Å². The van der Waals surface area contributed by atoms with Crippen LogP contribution in [0.2, 0.25) is 0 Å². The molecule has 2 aromatic carbocycles. The molecule has 3 amide bonds. The van der Waals surface area contributed by atoms with E-state index >= 15 is 0 Å². The van der Waals surface area contributed by atoms with E-state index in [1.54, 1.807) is 12.1 Å². The number of anilines is 2. The number of nitro groups is 1. The van der Waals surface area contributed by atoms with Gasteiger partial charge in [-0.3, -0.25) is 20.2 Å². The molecule has 10 heteroatoms. The number of benzene rings is 2. The smallest absolute Gasteiger partial charge is 0.338 e. The summed E-state index contributed by atoms with van der Waals surface area (Å²) in [6.07, 6.45) is 0. The molecule has 0 aliphatic heterocycles. The Morgan fingerprint density at radius 1 is 1.10 bits per heavy atom. The quantitative estimate of drug-likeness (QED) is 0.385. The summed E-state index contributed by atoms with van der Waals surface area (Å²) < 4.78 is 4.82. The monoisotopic (exact) mass is 400 g/mol. The van der Waals surface area contributed by atoms with Gasteiger partial charge in [-0.15, -0.1) is 0 Å². The SMILES string of the molecule is CNc1ccc(C(=O)OCC(=O)NC(=O)Nc2cccc(C)c2C)cc1[N+](=O)[O-]. The number of hydrogen-bond donors (Lipinski definition) is 3. The van der Waals surface area contributed by atoms with Crippen LogP contribution >= 0.6 is 0 Å². The van der Waals surface area contributed by atoms with E-state index in [0.29, 0.717) is 5.69 Å². The van der Waals surface area contributed by atoms with Crippen molar-refractivity contribution in [3.63, 3.8) is 0 Å². The maximum absolute atomic E-state index is 12.0. The molecule has 29 heavy (non-hydrogen) atoms. The van der Waals surface area contributed by atoms with Gasteiger partial charge < -0.3 is 15.4 Å². The molecule has 0 aliphatic carbocycles. The number of carbonyl (C=O) groups excluding carboxylic acids is 3. The van der Waals surface area contributed by atoms with E-state index in [9.17, 15) is 24.5 Å². The Balaban J connectivity index is 1.92. The van der Waals surface area contributed by atoms with Crippen LogP contribution in [0.4, 0.5) is 21.9 Å². The van der Waals surface area contributed by atoms with Crippen LogP contribution < -0.4 is 16.0 Å². The summed E-state index contributed by atoms with van der Waals surface area (Å²) in [4.78, 5) is 46.2. The third-order valence-corrected chi connectivity index (χ3v) is 4.14. The number of esters is 1. The summed E-state index contributed by atoms with van der Waals surface area (Å²) in [6, 6.07) is 8.29. The summed E-state index contributed by atoms with van der Waals surface area (Å²) in [5, 5.41) is 18.3. The zero-order valence-electron chi connectivity index (χ0n) is 16.1. The number of hydrogen-bond acceptors (Lipinski definition) is 7. The van der Waals surface area contributed by atoms with Crippen LogP contribution in [-0.4, -0.2) is 36.5 Å².